The van der Waals surface area contributed by atoms with Crippen LogP contribution in [0.5, 0.6) is 0 Å². The number of nitrogens with zero attached hydrogens (tertiary/aromatic N) is 4. The first-order chi connectivity index (χ1) is 14.5. The normalized spacial score (nSPS) is 26.1. The highest BCUT2D eigenvalue weighted by molar-refractivity contribution is 7.93. The molecule has 2 fully saturated rings. The van der Waals surface area contributed by atoms with Crippen molar-refractivity contribution in [3.05, 3.63) is 12.4 Å². The zero-order valence-corrected chi connectivity index (χ0v) is 17.9. The number of esters is 1. The molecule has 0 radical (unpaired) electrons. The van der Waals surface area contributed by atoms with Crippen molar-refractivity contribution < 1.29 is 42.1 Å². The number of hydrogen-bond acceptors (Lipinski definition) is 8. The van der Waals surface area contributed by atoms with Gasteiger partial charge in [-0.25, -0.2) is 13.2 Å². The molecule has 14 heteroatoms. The number of carboxylic acid groups (broad SMARTS) is 1. The molecular weight excluding hydrogens is 434 g/mol. The molecule has 1 unspecified atom stereocenters. The van der Waals surface area contributed by atoms with Crippen LogP contribution in [0.25, 0.3) is 0 Å². The van der Waals surface area contributed by atoms with Crippen LogP contribution in [0.4, 0.5) is 0 Å². The fraction of sp³-hybridized carbons (Fsp3) is 0.647. The minimum atomic E-state index is -3.96. The van der Waals surface area contributed by atoms with E-state index in [1.165, 1.54) is 28.7 Å². The molecule has 2 saturated heterocycles. The van der Waals surface area contributed by atoms with Crippen molar-refractivity contribution in [2.24, 2.45) is 0 Å². The first-order valence-corrected chi connectivity index (χ1v) is 11.2. The summed E-state index contributed by atoms with van der Waals surface area (Å²) in [5.74, 6) is -2.76. The van der Waals surface area contributed by atoms with Crippen LogP contribution < -0.4 is 10.00 Å². The number of carbonyl (C=O) groups excluding carboxylic acids is 3. The van der Waals surface area contributed by atoms with Crippen molar-refractivity contribution >= 4 is 33.6 Å². The smallest absolute Gasteiger partial charge is 0.328 e. The monoisotopic (exact) mass is 458 g/mol. The molecule has 1 aromatic heterocycles. The molecule has 0 spiro atoms. The van der Waals surface area contributed by atoms with Crippen LogP contribution in [0, 0.1) is 0 Å². The summed E-state index contributed by atoms with van der Waals surface area (Å²) >= 11 is 0. The highest BCUT2D eigenvalue weighted by Crippen LogP contribution is 2.46. The average Bonchev–Trinajstić information content (AvgIpc) is 3.14. The van der Waals surface area contributed by atoms with E-state index in [0.29, 0.717) is 0 Å². The standard InChI is InChI=1S/C17H23N5O8S/c1-3-30-14(25)4-5-18-11(23)9-20-6-7-21(19-20)10-17(2)15(16(26)27)22-12(24)8-13(22)31(17,28)29/h6-7,13,15H,3-5,8-10H2,1-2H3,(H-,18,23,26,27)/p+1/t13?,15-,17-/m0/s1. The average molecular weight is 458 g/mol. The summed E-state index contributed by atoms with van der Waals surface area (Å²) in [7, 11) is -3.96. The van der Waals surface area contributed by atoms with Crippen molar-refractivity contribution in [1.82, 2.24) is 20.1 Å². The van der Waals surface area contributed by atoms with E-state index in [1.807, 2.05) is 0 Å². The van der Waals surface area contributed by atoms with E-state index in [9.17, 15) is 32.7 Å². The van der Waals surface area contributed by atoms with Crippen LogP contribution in [0.1, 0.15) is 26.7 Å². The van der Waals surface area contributed by atoms with E-state index >= 15 is 0 Å². The fourth-order valence-electron chi connectivity index (χ4n) is 3.88. The topological polar surface area (TPSA) is 169 Å². The van der Waals surface area contributed by atoms with Crippen LogP contribution in [-0.2, 0) is 46.8 Å². The van der Waals surface area contributed by atoms with Gasteiger partial charge in [-0.15, -0.1) is 9.36 Å². The van der Waals surface area contributed by atoms with Gasteiger partial charge in [0.05, 0.1) is 24.7 Å². The highest BCUT2D eigenvalue weighted by Gasteiger charge is 2.71. The van der Waals surface area contributed by atoms with Crippen molar-refractivity contribution in [2.75, 3.05) is 13.2 Å². The van der Waals surface area contributed by atoms with Gasteiger partial charge < -0.3 is 20.1 Å². The first kappa shape index (κ1) is 22.7. The third-order valence-corrected chi connectivity index (χ3v) is 8.19. The summed E-state index contributed by atoms with van der Waals surface area (Å²) in [4.78, 5) is 47.8. The fourth-order valence-corrected chi connectivity index (χ4v) is 6.24. The Labute approximate surface area is 177 Å². The summed E-state index contributed by atoms with van der Waals surface area (Å²) < 4.78 is 31.3. The molecule has 3 atom stereocenters. The van der Waals surface area contributed by atoms with E-state index in [2.05, 4.69) is 10.5 Å². The lowest BCUT2D eigenvalue weighted by atomic mass is 9.96. The summed E-state index contributed by atoms with van der Waals surface area (Å²) in [6, 6.07) is -1.52. The van der Waals surface area contributed by atoms with Gasteiger partial charge >= 0.3 is 11.9 Å². The van der Waals surface area contributed by atoms with Crippen LogP contribution in [0.2, 0.25) is 0 Å². The number of carboxylic acids is 1. The Kier molecular flexibility index (Phi) is 6.02. The number of ether oxygens (including phenoxy) is 1. The highest BCUT2D eigenvalue weighted by atomic mass is 32.2. The number of aliphatic carboxylic acids is 1. The maximum absolute atomic E-state index is 12.9. The molecule has 170 valence electrons. The number of nitrogens with one attached hydrogen (secondary N) is 1. The van der Waals surface area contributed by atoms with Gasteiger partial charge in [0.25, 0.3) is 5.91 Å². The maximum atomic E-state index is 12.9. The first-order valence-electron chi connectivity index (χ1n) is 9.64. The SMILES string of the molecule is CCOC(=O)CCNC(=O)C[n+]1ccn(C[C@@]2(C)[C@H](C(=O)O)N3C(=O)CC3S2(=O)=O)n1. The molecule has 3 heterocycles. The van der Waals surface area contributed by atoms with E-state index < -0.39 is 49.8 Å². The summed E-state index contributed by atoms with van der Waals surface area (Å²) in [6.07, 6.45) is 2.66. The van der Waals surface area contributed by atoms with Crippen molar-refractivity contribution in [1.29, 1.82) is 0 Å². The summed E-state index contributed by atoms with van der Waals surface area (Å²) in [5, 5.41) is 15.1. The number of carbonyl (C=O) groups is 4. The van der Waals surface area contributed by atoms with Crippen LogP contribution in [-0.4, -0.2) is 81.4 Å². The Morgan fingerprint density at radius 3 is 2.74 bits per heavy atom. The Balaban J connectivity index is 1.66. The number of sulfone groups is 1. The zero-order valence-electron chi connectivity index (χ0n) is 17.1. The van der Waals surface area contributed by atoms with E-state index in [-0.39, 0.29) is 39.1 Å². The molecule has 2 amide bonds. The second-order valence-electron chi connectivity index (χ2n) is 7.55. The predicted molar refractivity (Wildman–Crippen MR) is 101 cm³/mol. The van der Waals surface area contributed by atoms with Crippen LogP contribution >= 0.6 is 0 Å². The van der Waals surface area contributed by atoms with Crippen molar-refractivity contribution in [3.8, 4) is 0 Å². The van der Waals surface area contributed by atoms with E-state index in [4.69, 9.17) is 4.74 Å². The molecular formula is C17H24N5O8S+. The maximum Gasteiger partial charge on any atom is 0.328 e. The largest absolute Gasteiger partial charge is 0.480 e. The predicted octanol–water partition coefficient (Wildman–Crippen LogP) is -2.56. The molecule has 31 heavy (non-hydrogen) atoms. The Hall–Kier alpha value is -3.03. The molecule has 0 aliphatic carbocycles. The molecule has 2 aliphatic heterocycles. The molecule has 2 N–H and O–H groups in total. The van der Waals surface area contributed by atoms with Crippen LogP contribution in [0.3, 0.4) is 0 Å². The quantitative estimate of drug-likeness (QED) is 0.230. The number of aromatic nitrogens is 3. The lowest BCUT2D eigenvalue weighted by Crippen LogP contribution is -2.58. The Morgan fingerprint density at radius 2 is 2.13 bits per heavy atom. The van der Waals surface area contributed by atoms with E-state index in [1.54, 1.807) is 6.92 Å². The molecule has 2 aliphatic rings. The summed E-state index contributed by atoms with van der Waals surface area (Å²) in [6.45, 7) is 2.84. The number of fused-ring (bicyclic) bond motifs is 1. The Bertz CT molecular complexity index is 1020. The van der Waals surface area contributed by atoms with Gasteiger partial charge in [0.15, 0.2) is 34.8 Å². The number of β-lactam (4-membered cyclic amide) rings is 1. The molecule has 0 saturated carbocycles. The van der Waals surface area contributed by atoms with Gasteiger partial charge in [0, 0.05) is 6.54 Å². The summed E-state index contributed by atoms with van der Waals surface area (Å²) in [5.41, 5.74) is 0. The van der Waals surface area contributed by atoms with E-state index in [0.717, 1.165) is 4.90 Å². The van der Waals surface area contributed by atoms with Gasteiger partial charge in [-0.3, -0.25) is 14.4 Å². The van der Waals surface area contributed by atoms with Gasteiger partial charge in [-0.2, -0.15) is 0 Å². The lowest BCUT2D eigenvalue weighted by molar-refractivity contribution is -0.743. The van der Waals surface area contributed by atoms with Gasteiger partial charge in [0.1, 0.15) is 16.7 Å². The molecule has 13 nitrogen and oxygen atoms in total. The van der Waals surface area contributed by atoms with Gasteiger partial charge in [-0.1, -0.05) is 0 Å². The molecule has 1 aromatic rings. The zero-order chi connectivity index (χ0) is 23.0. The molecule has 0 bridgehead atoms. The van der Waals surface area contributed by atoms with Crippen LogP contribution in [0.15, 0.2) is 12.4 Å². The van der Waals surface area contributed by atoms with Crippen molar-refractivity contribution in [3.63, 3.8) is 0 Å². The minimum Gasteiger partial charge on any atom is -0.480 e. The van der Waals surface area contributed by atoms with Crippen molar-refractivity contribution in [2.45, 2.75) is 55.9 Å². The van der Waals surface area contributed by atoms with Gasteiger partial charge in [0.2, 0.25) is 5.91 Å². The number of rotatable bonds is 9. The third-order valence-electron chi connectivity index (χ3n) is 5.42. The molecule has 3 rings (SSSR count). The molecule has 0 aromatic carbocycles. The number of hydrogen-bond donors (Lipinski definition) is 2. The third kappa shape index (κ3) is 3.98. The lowest BCUT2D eigenvalue weighted by Gasteiger charge is -2.35. The Morgan fingerprint density at radius 1 is 1.42 bits per heavy atom. The number of amides is 2. The second kappa shape index (κ2) is 8.24. The minimum absolute atomic E-state index is 0.0296. The second-order valence-corrected chi connectivity index (χ2v) is 10.1. The van der Waals surface area contributed by atoms with Gasteiger partial charge in [-0.05, 0) is 13.8 Å².